The van der Waals surface area contributed by atoms with Gasteiger partial charge in [-0.2, -0.15) is 0 Å². The monoisotopic (exact) mass is 387 g/mol. The number of hydrogen-bond donors (Lipinski definition) is 1. The summed E-state index contributed by atoms with van der Waals surface area (Å²) in [4.78, 5) is 13.4. The number of allylic oxidation sites excluding steroid dienone is 2. The van der Waals surface area contributed by atoms with Gasteiger partial charge in [0.1, 0.15) is 11.5 Å². The molecule has 2 heterocycles. The van der Waals surface area contributed by atoms with Crippen LogP contribution < -0.4 is 5.32 Å². The van der Waals surface area contributed by atoms with Crippen LogP contribution in [0.25, 0.3) is 11.3 Å². The van der Waals surface area contributed by atoms with E-state index < -0.39 is 0 Å². The van der Waals surface area contributed by atoms with E-state index in [-0.39, 0.29) is 17.7 Å². The van der Waals surface area contributed by atoms with Gasteiger partial charge in [-0.05, 0) is 12.2 Å². The van der Waals surface area contributed by atoms with Gasteiger partial charge in [0.25, 0.3) is 0 Å². The number of carbonyl (C=O) groups excluding carboxylic acids is 1. The molecule has 1 aromatic heterocycles. The van der Waals surface area contributed by atoms with Crippen LogP contribution in [0.2, 0.25) is 0 Å². The lowest BCUT2D eigenvalue weighted by Gasteiger charge is -2.30. The van der Waals surface area contributed by atoms with E-state index in [0.29, 0.717) is 28.5 Å². The summed E-state index contributed by atoms with van der Waals surface area (Å²) < 4.78 is 6.39. The Kier molecular flexibility index (Phi) is 4.27. The zero-order chi connectivity index (χ0) is 19.1. The van der Waals surface area contributed by atoms with Crippen molar-refractivity contribution in [3.63, 3.8) is 0 Å². The quantitative estimate of drug-likeness (QED) is 0.609. The molecule has 28 heavy (non-hydrogen) atoms. The largest absolute Gasteiger partial charge is 0.459 e. The minimum atomic E-state index is -0.0157. The Morgan fingerprint density at radius 3 is 2.50 bits per heavy atom. The Balaban J connectivity index is 1.70. The molecule has 3 nitrogen and oxygen atoms in total. The molecule has 0 amide bonds. The van der Waals surface area contributed by atoms with Crippen LogP contribution in [0.3, 0.4) is 0 Å². The van der Waals surface area contributed by atoms with Crippen molar-refractivity contribution in [3.8, 4) is 11.3 Å². The smallest absolute Gasteiger partial charge is 0.197 e. The van der Waals surface area contributed by atoms with Crippen molar-refractivity contribution in [3.05, 3.63) is 106 Å². The Labute approximate surface area is 168 Å². The number of rotatable bonds is 3. The second-order valence-electron chi connectivity index (χ2n) is 7.05. The van der Waals surface area contributed by atoms with Gasteiger partial charge in [-0.25, -0.2) is 0 Å². The zero-order valence-corrected chi connectivity index (χ0v) is 15.8. The average molecular weight is 388 g/mol. The van der Waals surface area contributed by atoms with Gasteiger partial charge in [0.2, 0.25) is 0 Å². The highest BCUT2D eigenvalue weighted by molar-refractivity contribution is 6.31. The van der Waals surface area contributed by atoms with E-state index in [2.05, 4.69) is 5.32 Å². The molecule has 2 atom stereocenters. The maximum absolute atomic E-state index is 13.4. The highest BCUT2D eigenvalue weighted by Gasteiger charge is 2.37. The topological polar surface area (TPSA) is 42.2 Å². The molecule has 4 heteroatoms. The summed E-state index contributed by atoms with van der Waals surface area (Å²) in [6.07, 6.45) is 5.94. The van der Waals surface area contributed by atoms with E-state index in [1.54, 1.807) is 0 Å². The fourth-order valence-corrected chi connectivity index (χ4v) is 4.21. The van der Waals surface area contributed by atoms with E-state index >= 15 is 0 Å². The fourth-order valence-electron chi connectivity index (χ4n) is 4.00. The highest BCUT2D eigenvalue weighted by atomic mass is 35.5. The maximum Gasteiger partial charge on any atom is 0.197 e. The van der Waals surface area contributed by atoms with E-state index in [0.717, 1.165) is 16.9 Å². The number of hydrogen-bond acceptors (Lipinski definition) is 3. The second kappa shape index (κ2) is 6.93. The summed E-state index contributed by atoms with van der Waals surface area (Å²) in [5.74, 6) is 1.48. The summed E-state index contributed by atoms with van der Waals surface area (Å²) in [5, 5.41) is 4.21. The van der Waals surface area contributed by atoms with Crippen molar-refractivity contribution >= 4 is 17.4 Å². The van der Waals surface area contributed by atoms with Crippen LogP contribution in [-0.2, 0) is 6.54 Å². The van der Waals surface area contributed by atoms with Gasteiger partial charge in [-0.3, -0.25) is 4.79 Å². The molecule has 1 N–H and O–H groups in total. The van der Waals surface area contributed by atoms with Crippen molar-refractivity contribution in [2.45, 2.75) is 18.5 Å². The van der Waals surface area contributed by atoms with Crippen molar-refractivity contribution in [2.75, 3.05) is 0 Å². The van der Waals surface area contributed by atoms with Crippen LogP contribution in [-0.4, -0.2) is 11.8 Å². The van der Waals surface area contributed by atoms with Crippen LogP contribution in [0.4, 0.5) is 0 Å². The molecule has 2 unspecified atom stereocenters. The SMILES string of the molecule is O=C(c1ccccc1)c1c(-c2ccccc2)oc2c1CNC1C=C(Cl)C=CC21. The van der Waals surface area contributed by atoms with Crippen molar-refractivity contribution in [1.29, 1.82) is 0 Å². The first-order valence-electron chi connectivity index (χ1n) is 9.32. The number of furan rings is 1. The summed E-state index contributed by atoms with van der Waals surface area (Å²) in [6, 6.07) is 19.3. The first-order valence-corrected chi connectivity index (χ1v) is 9.70. The van der Waals surface area contributed by atoms with Crippen LogP contribution in [0.1, 0.15) is 33.2 Å². The zero-order valence-electron chi connectivity index (χ0n) is 15.1. The molecule has 1 aliphatic heterocycles. The first kappa shape index (κ1) is 17.2. The molecule has 5 rings (SSSR count). The average Bonchev–Trinajstić information content (AvgIpc) is 3.14. The molecule has 0 saturated carbocycles. The van der Waals surface area contributed by atoms with Gasteiger partial charge in [-0.15, -0.1) is 0 Å². The number of ketones is 1. The van der Waals surface area contributed by atoms with Gasteiger partial charge in [0.05, 0.1) is 11.5 Å². The Morgan fingerprint density at radius 1 is 1.04 bits per heavy atom. The van der Waals surface area contributed by atoms with Crippen LogP contribution in [0.5, 0.6) is 0 Å². The third-order valence-electron chi connectivity index (χ3n) is 5.34. The molecule has 0 bridgehead atoms. The maximum atomic E-state index is 13.4. The Morgan fingerprint density at radius 2 is 1.75 bits per heavy atom. The van der Waals surface area contributed by atoms with Crippen LogP contribution in [0.15, 0.2) is 88.3 Å². The minimum Gasteiger partial charge on any atom is -0.459 e. The summed E-state index contributed by atoms with van der Waals surface area (Å²) in [6.45, 7) is 0.565. The molecule has 2 aliphatic rings. The molecular weight excluding hydrogens is 370 g/mol. The van der Waals surface area contributed by atoms with E-state index in [9.17, 15) is 4.79 Å². The van der Waals surface area contributed by atoms with Gasteiger partial charge in [0.15, 0.2) is 5.78 Å². The Bertz CT molecular complexity index is 1100. The van der Waals surface area contributed by atoms with Crippen molar-refractivity contribution in [1.82, 2.24) is 5.32 Å². The Hall–Kier alpha value is -2.88. The minimum absolute atomic E-state index is 0.0157. The van der Waals surface area contributed by atoms with Crippen molar-refractivity contribution in [2.24, 2.45) is 0 Å². The molecule has 2 aromatic carbocycles. The molecule has 0 radical (unpaired) electrons. The van der Waals surface area contributed by atoms with Crippen LogP contribution >= 0.6 is 11.6 Å². The lowest BCUT2D eigenvalue weighted by molar-refractivity contribution is 0.103. The summed E-state index contributed by atoms with van der Waals surface area (Å²) in [5.41, 5.74) is 3.14. The van der Waals surface area contributed by atoms with Crippen molar-refractivity contribution < 1.29 is 9.21 Å². The van der Waals surface area contributed by atoms with Gasteiger partial charge in [0, 0.05) is 34.3 Å². The predicted molar refractivity (Wildman–Crippen MR) is 110 cm³/mol. The normalized spacial score (nSPS) is 20.2. The van der Waals surface area contributed by atoms with E-state index in [1.165, 1.54) is 0 Å². The molecule has 0 saturated heterocycles. The van der Waals surface area contributed by atoms with E-state index in [4.69, 9.17) is 16.0 Å². The lowest BCUT2D eigenvalue weighted by Crippen LogP contribution is -2.38. The third kappa shape index (κ3) is 2.84. The summed E-state index contributed by atoms with van der Waals surface area (Å²) >= 11 is 6.18. The first-order chi connectivity index (χ1) is 13.7. The lowest BCUT2D eigenvalue weighted by atomic mass is 9.85. The second-order valence-corrected chi connectivity index (χ2v) is 7.49. The highest BCUT2D eigenvalue weighted by Crippen LogP contribution is 2.42. The third-order valence-corrected chi connectivity index (χ3v) is 5.60. The number of nitrogens with one attached hydrogen (secondary N) is 1. The predicted octanol–water partition coefficient (Wildman–Crippen LogP) is 5.43. The van der Waals surface area contributed by atoms with Gasteiger partial charge in [-0.1, -0.05) is 78.3 Å². The molecule has 0 fully saturated rings. The van der Waals surface area contributed by atoms with Gasteiger partial charge < -0.3 is 9.73 Å². The number of halogens is 1. The molecule has 0 spiro atoms. The molecule has 138 valence electrons. The summed E-state index contributed by atoms with van der Waals surface area (Å²) in [7, 11) is 0. The van der Waals surface area contributed by atoms with E-state index in [1.807, 2.05) is 78.9 Å². The number of fused-ring (bicyclic) bond motifs is 3. The molecular formula is C24H18ClNO2. The fraction of sp³-hybridized carbons (Fsp3) is 0.125. The molecule has 3 aromatic rings. The van der Waals surface area contributed by atoms with Gasteiger partial charge >= 0.3 is 0 Å². The van der Waals surface area contributed by atoms with Crippen LogP contribution in [0, 0.1) is 0 Å². The molecule has 1 aliphatic carbocycles. The standard InChI is InChI=1S/C24H18ClNO2/c25-17-11-12-18-20(13-17)26-14-19-21(22(27)15-7-3-1-4-8-15)23(28-24(18)19)16-9-5-2-6-10-16/h1-13,18,20,26H,14H2. The number of carbonyl (C=O) groups is 1. The number of benzene rings is 2.